The minimum atomic E-state index is -4.32. The van der Waals surface area contributed by atoms with E-state index in [1.807, 2.05) is 0 Å². The Bertz CT molecular complexity index is 668. The summed E-state index contributed by atoms with van der Waals surface area (Å²) in [4.78, 5) is 47.6. The molecule has 0 aromatic rings. The molecular formula is C13H18N2O9S. The van der Waals surface area contributed by atoms with E-state index in [2.05, 4.69) is 0 Å². The summed E-state index contributed by atoms with van der Waals surface area (Å²) in [5.41, 5.74) is 0. The van der Waals surface area contributed by atoms with Gasteiger partial charge in [-0.1, -0.05) is 0 Å². The third kappa shape index (κ3) is 6.99. The number of rotatable bonds is 10. The lowest BCUT2D eigenvalue weighted by Gasteiger charge is -2.31. The van der Waals surface area contributed by atoms with Gasteiger partial charge in [0.05, 0.1) is 25.3 Å². The highest BCUT2D eigenvalue weighted by Gasteiger charge is 2.34. The first-order valence-corrected chi connectivity index (χ1v) is 8.71. The lowest BCUT2D eigenvalue weighted by Crippen LogP contribution is -2.50. The fourth-order valence-corrected chi connectivity index (χ4v) is 2.30. The molecule has 0 bridgehead atoms. The quantitative estimate of drug-likeness (QED) is 0.339. The number of ether oxygens (including phenoxy) is 1. The van der Waals surface area contributed by atoms with E-state index in [1.165, 1.54) is 6.92 Å². The third-order valence-corrected chi connectivity index (χ3v) is 3.88. The first kappa shape index (κ1) is 20.7. The van der Waals surface area contributed by atoms with E-state index >= 15 is 0 Å². The molecule has 2 N–H and O–H groups in total. The number of carboxylic acids is 1. The molecule has 0 aliphatic carbocycles. The molecule has 140 valence electrons. The van der Waals surface area contributed by atoms with Crippen LogP contribution in [0.15, 0.2) is 12.2 Å². The van der Waals surface area contributed by atoms with E-state index < -0.39 is 52.4 Å². The summed E-state index contributed by atoms with van der Waals surface area (Å²) < 4.78 is 35.4. The highest BCUT2D eigenvalue weighted by Crippen LogP contribution is 2.13. The molecule has 0 saturated heterocycles. The van der Waals surface area contributed by atoms with E-state index in [0.717, 1.165) is 17.1 Å². The Morgan fingerprint density at radius 2 is 1.84 bits per heavy atom. The fraction of sp³-hybridized carbons (Fsp3) is 0.538. The Labute approximate surface area is 143 Å². The van der Waals surface area contributed by atoms with Crippen LogP contribution in [-0.4, -0.2) is 83.2 Å². The minimum absolute atomic E-state index is 0.188. The molecule has 11 nitrogen and oxygen atoms in total. The molecule has 1 aliphatic rings. The minimum Gasteiger partial charge on any atom is -0.481 e. The Hall–Kier alpha value is -2.31. The number of carbonyl (C=O) groups is 4. The van der Waals surface area contributed by atoms with Gasteiger partial charge in [-0.25, -0.2) is 4.90 Å². The number of carboxylic acid groups (broad SMARTS) is 1. The van der Waals surface area contributed by atoms with Gasteiger partial charge in [0.1, 0.15) is 0 Å². The summed E-state index contributed by atoms with van der Waals surface area (Å²) >= 11 is 0. The molecule has 3 amide bonds. The van der Waals surface area contributed by atoms with E-state index in [9.17, 15) is 27.6 Å². The van der Waals surface area contributed by atoms with Crippen molar-refractivity contribution in [2.45, 2.75) is 19.6 Å². The zero-order valence-corrected chi connectivity index (χ0v) is 14.1. The van der Waals surface area contributed by atoms with Gasteiger partial charge in [-0.15, -0.1) is 0 Å². The summed E-state index contributed by atoms with van der Waals surface area (Å²) in [7, 11) is -4.32. The molecule has 0 fully saturated rings. The van der Waals surface area contributed by atoms with E-state index in [1.54, 1.807) is 0 Å². The maximum Gasteiger partial charge on any atom is 0.305 e. The largest absolute Gasteiger partial charge is 0.481 e. The lowest BCUT2D eigenvalue weighted by atomic mass is 10.3. The summed E-state index contributed by atoms with van der Waals surface area (Å²) in [6, 6.07) is 0. The van der Waals surface area contributed by atoms with Crippen LogP contribution in [0.2, 0.25) is 0 Å². The van der Waals surface area contributed by atoms with Crippen molar-refractivity contribution in [1.82, 2.24) is 9.80 Å². The van der Waals surface area contributed by atoms with Gasteiger partial charge in [-0.3, -0.25) is 23.7 Å². The number of imide groups is 1. The van der Waals surface area contributed by atoms with Crippen LogP contribution in [0, 0.1) is 0 Å². The molecule has 0 aromatic heterocycles. The summed E-state index contributed by atoms with van der Waals surface area (Å²) in [5.74, 6) is -3.88. The van der Waals surface area contributed by atoms with Crippen molar-refractivity contribution < 1.29 is 42.0 Å². The average Bonchev–Trinajstić information content (AvgIpc) is 2.79. The van der Waals surface area contributed by atoms with Crippen LogP contribution >= 0.6 is 0 Å². The van der Waals surface area contributed by atoms with Crippen molar-refractivity contribution in [3.8, 4) is 0 Å². The second-order valence-corrected chi connectivity index (χ2v) is 6.67. The third-order valence-electron chi connectivity index (χ3n) is 3.20. The molecule has 1 rings (SSSR count). The topological polar surface area (TPSA) is 159 Å². The number of nitrogens with zero attached hydrogens (tertiary/aromatic N) is 2. The Balaban J connectivity index is 2.88. The van der Waals surface area contributed by atoms with Gasteiger partial charge in [0.2, 0.25) is 5.91 Å². The van der Waals surface area contributed by atoms with E-state index in [-0.39, 0.29) is 19.5 Å². The summed E-state index contributed by atoms with van der Waals surface area (Å²) in [5, 5.41) is 8.71. The van der Waals surface area contributed by atoms with Crippen molar-refractivity contribution in [1.29, 1.82) is 0 Å². The number of amides is 3. The number of carbonyl (C=O) groups excluding carboxylic acids is 3. The van der Waals surface area contributed by atoms with Gasteiger partial charge in [0.25, 0.3) is 21.9 Å². The highest BCUT2D eigenvalue weighted by molar-refractivity contribution is 7.85. The molecule has 0 aromatic carbocycles. The molecule has 25 heavy (non-hydrogen) atoms. The number of hydrogen-bond acceptors (Lipinski definition) is 7. The van der Waals surface area contributed by atoms with Gasteiger partial charge in [0, 0.05) is 25.6 Å². The predicted molar refractivity (Wildman–Crippen MR) is 81.7 cm³/mol. The standard InChI is InChI=1S/C13H18N2O9S/c1-9(16)14(5-4-13(19)20)8-12(24-6-7-25(21,22)23)15-10(17)2-3-11(15)18/h2-3,12H,4-8H2,1H3,(H,19,20)(H,21,22,23). The molecule has 1 unspecified atom stereocenters. The Kier molecular flexibility index (Phi) is 7.21. The van der Waals surface area contributed by atoms with Gasteiger partial charge in [-0.05, 0) is 0 Å². The summed E-state index contributed by atoms with van der Waals surface area (Å²) in [6.45, 7) is 0.105. The number of hydrogen-bond donors (Lipinski definition) is 2. The van der Waals surface area contributed by atoms with Crippen molar-refractivity contribution in [3.63, 3.8) is 0 Å². The first-order chi connectivity index (χ1) is 11.5. The molecule has 12 heteroatoms. The fourth-order valence-electron chi connectivity index (χ4n) is 1.99. The second kappa shape index (κ2) is 8.69. The first-order valence-electron chi connectivity index (χ1n) is 7.10. The zero-order chi connectivity index (χ0) is 19.2. The van der Waals surface area contributed by atoms with Gasteiger partial charge in [0.15, 0.2) is 6.23 Å². The van der Waals surface area contributed by atoms with Gasteiger partial charge >= 0.3 is 5.97 Å². The molecule has 1 heterocycles. The van der Waals surface area contributed by atoms with E-state index in [0.29, 0.717) is 4.90 Å². The maximum absolute atomic E-state index is 11.8. The van der Waals surface area contributed by atoms with Crippen LogP contribution in [0.3, 0.4) is 0 Å². The van der Waals surface area contributed by atoms with Crippen LogP contribution in [0.1, 0.15) is 13.3 Å². The molecule has 1 aliphatic heterocycles. The zero-order valence-electron chi connectivity index (χ0n) is 13.3. The summed E-state index contributed by atoms with van der Waals surface area (Å²) in [6.07, 6.45) is 0.278. The molecule has 0 spiro atoms. The maximum atomic E-state index is 11.8. The Morgan fingerprint density at radius 1 is 1.28 bits per heavy atom. The van der Waals surface area contributed by atoms with Crippen molar-refractivity contribution in [3.05, 3.63) is 12.2 Å². The SMILES string of the molecule is CC(=O)N(CCC(=O)O)CC(OCCS(=O)(=O)O)N1C(=O)C=CC1=O. The predicted octanol–water partition coefficient (Wildman–Crippen LogP) is -1.53. The van der Waals surface area contributed by atoms with Crippen LogP contribution in [0.5, 0.6) is 0 Å². The van der Waals surface area contributed by atoms with Crippen LogP contribution < -0.4 is 0 Å². The monoisotopic (exact) mass is 378 g/mol. The van der Waals surface area contributed by atoms with Crippen molar-refractivity contribution in [2.75, 3.05) is 25.4 Å². The molecular weight excluding hydrogens is 360 g/mol. The van der Waals surface area contributed by atoms with Crippen molar-refractivity contribution >= 4 is 33.8 Å². The second-order valence-electron chi connectivity index (χ2n) is 5.10. The van der Waals surface area contributed by atoms with Crippen LogP contribution in [-0.2, 0) is 34.0 Å². The lowest BCUT2D eigenvalue weighted by molar-refractivity contribution is -0.157. The number of aliphatic carboxylic acids is 1. The van der Waals surface area contributed by atoms with Gasteiger partial charge < -0.3 is 14.7 Å². The average molecular weight is 378 g/mol. The van der Waals surface area contributed by atoms with Crippen molar-refractivity contribution in [2.24, 2.45) is 0 Å². The van der Waals surface area contributed by atoms with Crippen LogP contribution in [0.25, 0.3) is 0 Å². The van der Waals surface area contributed by atoms with E-state index in [4.69, 9.17) is 14.4 Å². The van der Waals surface area contributed by atoms with Gasteiger partial charge in [-0.2, -0.15) is 8.42 Å². The highest BCUT2D eigenvalue weighted by atomic mass is 32.2. The molecule has 0 radical (unpaired) electrons. The molecule has 0 saturated carbocycles. The normalized spacial score (nSPS) is 15.5. The van der Waals surface area contributed by atoms with Crippen LogP contribution in [0.4, 0.5) is 0 Å². The molecule has 1 atom stereocenters. The Morgan fingerprint density at radius 3 is 2.28 bits per heavy atom. The smallest absolute Gasteiger partial charge is 0.305 e.